The topological polar surface area (TPSA) is 69.0 Å². The number of carbonyl (C=O) groups is 1. The highest BCUT2D eigenvalue weighted by atomic mass is 35.5. The number of nitrogens with one attached hydrogen (secondary N) is 1. The molecule has 9 heteroatoms. The van der Waals surface area contributed by atoms with Gasteiger partial charge >= 0.3 is 0 Å². The van der Waals surface area contributed by atoms with Crippen molar-refractivity contribution in [2.75, 3.05) is 18.9 Å². The second kappa shape index (κ2) is 11.4. The second-order valence-corrected chi connectivity index (χ2v) is 8.92. The number of thioether (sulfide) groups is 1. The zero-order valence-corrected chi connectivity index (χ0v) is 19.5. The van der Waals surface area contributed by atoms with Crippen molar-refractivity contribution in [1.82, 2.24) is 20.1 Å². The summed E-state index contributed by atoms with van der Waals surface area (Å²) >= 11 is 7.61. The first-order valence-electron chi connectivity index (χ1n) is 10.8. The van der Waals surface area contributed by atoms with E-state index in [1.165, 1.54) is 23.9 Å². The average molecular weight is 487 g/mol. The van der Waals surface area contributed by atoms with Crippen molar-refractivity contribution in [3.63, 3.8) is 0 Å². The third kappa shape index (κ3) is 6.22. The number of benzene rings is 2. The van der Waals surface area contributed by atoms with Gasteiger partial charge in [0.2, 0.25) is 5.91 Å². The Morgan fingerprint density at radius 1 is 1.24 bits per heavy atom. The van der Waals surface area contributed by atoms with Crippen molar-refractivity contribution in [2.24, 2.45) is 0 Å². The van der Waals surface area contributed by atoms with Crippen molar-refractivity contribution >= 4 is 35.3 Å². The highest BCUT2D eigenvalue weighted by Gasteiger charge is 2.21. The number of nitrogens with zero attached hydrogens (tertiary/aromatic N) is 3. The van der Waals surface area contributed by atoms with Crippen LogP contribution >= 0.6 is 23.4 Å². The molecule has 2 aromatic carbocycles. The van der Waals surface area contributed by atoms with E-state index in [1.807, 2.05) is 18.2 Å². The van der Waals surface area contributed by atoms with Crippen LogP contribution in [0.15, 0.2) is 59.8 Å². The van der Waals surface area contributed by atoms with Crippen LogP contribution in [0.3, 0.4) is 0 Å². The molecule has 0 saturated carbocycles. The van der Waals surface area contributed by atoms with Gasteiger partial charge in [0.05, 0.1) is 11.8 Å². The Hall–Kier alpha value is -2.68. The van der Waals surface area contributed by atoms with Gasteiger partial charge in [0.25, 0.3) is 0 Å². The Morgan fingerprint density at radius 3 is 2.85 bits per heavy atom. The quantitative estimate of drug-likeness (QED) is 0.350. The molecule has 6 nitrogen and oxygen atoms in total. The number of ether oxygens (including phenoxy) is 1. The van der Waals surface area contributed by atoms with Crippen LogP contribution in [-0.4, -0.2) is 45.7 Å². The fourth-order valence-corrected chi connectivity index (χ4v) is 4.73. The highest BCUT2D eigenvalue weighted by Crippen LogP contribution is 2.27. The summed E-state index contributed by atoms with van der Waals surface area (Å²) in [5, 5.41) is 12.6. The van der Waals surface area contributed by atoms with Gasteiger partial charge in [-0.1, -0.05) is 53.7 Å². The monoisotopic (exact) mass is 486 g/mol. The summed E-state index contributed by atoms with van der Waals surface area (Å²) in [7, 11) is 0. The Balaban J connectivity index is 1.42. The van der Waals surface area contributed by atoms with E-state index < -0.39 is 0 Å². The van der Waals surface area contributed by atoms with Crippen molar-refractivity contribution < 1.29 is 13.9 Å². The van der Waals surface area contributed by atoms with Crippen LogP contribution in [0.1, 0.15) is 24.2 Å². The minimum Gasteiger partial charge on any atom is -0.377 e. The van der Waals surface area contributed by atoms with Crippen LogP contribution in [-0.2, 0) is 16.0 Å². The fourth-order valence-electron chi connectivity index (χ4n) is 3.51. The standard InChI is InChI=1S/C24H24ClFN4O2S/c25-19-8-2-1-6-17(19)11-12-23(31)27-14-13-22-28-29-24(33-16-18-7-5-15-32-18)30(22)21-10-4-3-9-20(21)26/h1-4,6,8-12,18H,5,7,13-16H2,(H,27,31). The maximum absolute atomic E-state index is 14.6. The SMILES string of the molecule is O=C(C=Cc1ccccc1Cl)NCCc1nnc(SCC2CCCO2)n1-c1ccccc1F. The first-order chi connectivity index (χ1) is 16.1. The third-order valence-electron chi connectivity index (χ3n) is 5.18. The number of para-hydroxylation sites is 1. The predicted octanol–water partition coefficient (Wildman–Crippen LogP) is 4.70. The number of rotatable bonds is 9. The molecule has 1 unspecified atom stereocenters. The van der Waals surface area contributed by atoms with Gasteiger partial charge in [-0.05, 0) is 42.7 Å². The molecule has 1 fully saturated rings. The molecule has 33 heavy (non-hydrogen) atoms. The van der Waals surface area contributed by atoms with Crippen molar-refractivity contribution in [3.8, 4) is 5.69 Å². The Morgan fingerprint density at radius 2 is 2.06 bits per heavy atom. The van der Waals surface area contributed by atoms with E-state index in [-0.39, 0.29) is 17.8 Å². The summed E-state index contributed by atoms with van der Waals surface area (Å²) in [6.45, 7) is 1.11. The van der Waals surface area contributed by atoms with Gasteiger partial charge in [0.1, 0.15) is 11.6 Å². The number of carbonyl (C=O) groups excluding carboxylic acids is 1. The van der Waals surface area contributed by atoms with Crippen LogP contribution < -0.4 is 5.32 Å². The molecule has 1 amide bonds. The number of hydrogen-bond donors (Lipinski definition) is 1. The Labute approximate surface area is 201 Å². The summed E-state index contributed by atoms with van der Waals surface area (Å²) < 4.78 is 22.0. The molecular weight excluding hydrogens is 463 g/mol. The first kappa shape index (κ1) is 23.5. The molecule has 2 heterocycles. The van der Waals surface area contributed by atoms with E-state index in [0.717, 1.165) is 30.8 Å². The molecule has 0 radical (unpaired) electrons. The van der Waals surface area contributed by atoms with E-state index in [1.54, 1.807) is 34.9 Å². The Kier molecular flexibility index (Phi) is 8.15. The summed E-state index contributed by atoms with van der Waals surface area (Å²) in [5.41, 5.74) is 1.15. The van der Waals surface area contributed by atoms with Gasteiger partial charge in [-0.2, -0.15) is 0 Å². The molecule has 1 aliphatic rings. The first-order valence-corrected chi connectivity index (χ1v) is 12.1. The lowest BCUT2D eigenvalue weighted by atomic mass is 10.2. The van der Waals surface area contributed by atoms with E-state index >= 15 is 0 Å². The fraction of sp³-hybridized carbons (Fsp3) is 0.292. The summed E-state index contributed by atoms with van der Waals surface area (Å²) in [5.74, 6) is 0.699. The molecule has 172 valence electrons. The van der Waals surface area contributed by atoms with E-state index in [2.05, 4.69) is 15.5 Å². The minimum absolute atomic E-state index is 0.174. The van der Waals surface area contributed by atoms with Crippen LogP contribution in [0.5, 0.6) is 0 Å². The molecule has 4 rings (SSSR count). The van der Waals surface area contributed by atoms with E-state index in [0.29, 0.717) is 34.7 Å². The van der Waals surface area contributed by atoms with Gasteiger partial charge in [0, 0.05) is 36.4 Å². The molecule has 0 aliphatic carbocycles. The normalized spacial score (nSPS) is 15.9. The number of hydrogen-bond acceptors (Lipinski definition) is 5. The van der Waals surface area contributed by atoms with Crippen LogP contribution in [0, 0.1) is 5.82 Å². The maximum atomic E-state index is 14.6. The van der Waals surface area contributed by atoms with Crippen LogP contribution in [0.2, 0.25) is 5.02 Å². The molecular formula is C24H24ClFN4O2S. The van der Waals surface area contributed by atoms with Gasteiger partial charge in [-0.3, -0.25) is 9.36 Å². The van der Waals surface area contributed by atoms with E-state index in [9.17, 15) is 9.18 Å². The van der Waals surface area contributed by atoms with Crippen LogP contribution in [0.4, 0.5) is 4.39 Å². The summed E-state index contributed by atoms with van der Waals surface area (Å²) in [6, 6.07) is 13.8. The largest absolute Gasteiger partial charge is 0.377 e. The molecule has 0 bridgehead atoms. The highest BCUT2D eigenvalue weighted by molar-refractivity contribution is 7.99. The van der Waals surface area contributed by atoms with E-state index in [4.69, 9.17) is 16.3 Å². The zero-order chi connectivity index (χ0) is 23.0. The third-order valence-corrected chi connectivity index (χ3v) is 6.59. The number of halogens is 2. The van der Waals surface area contributed by atoms with Crippen molar-refractivity contribution in [1.29, 1.82) is 0 Å². The van der Waals surface area contributed by atoms with Gasteiger partial charge < -0.3 is 10.1 Å². The smallest absolute Gasteiger partial charge is 0.244 e. The maximum Gasteiger partial charge on any atom is 0.244 e. The lowest BCUT2D eigenvalue weighted by molar-refractivity contribution is -0.116. The molecule has 1 atom stereocenters. The summed E-state index contributed by atoms with van der Waals surface area (Å²) in [6.07, 6.45) is 5.74. The molecule has 3 aromatic rings. The number of amides is 1. The summed E-state index contributed by atoms with van der Waals surface area (Å²) in [4.78, 5) is 12.2. The Bertz CT molecular complexity index is 1130. The molecule has 1 saturated heterocycles. The molecule has 1 N–H and O–H groups in total. The lowest BCUT2D eigenvalue weighted by Crippen LogP contribution is -2.24. The lowest BCUT2D eigenvalue weighted by Gasteiger charge is -2.13. The van der Waals surface area contributed by atoms with Crippen molar-refractivity contribution in [3.05, 3.63) is 76.8 Å². The van der Waals surface area contributed by atoms with Crippen molar-refractivity contribution in [2.45, 2.75) is 30.5 Å². The average Bonchev–Trinajstić information content (AvgIpc) is 3.47. The van der Waals surface area contributed by atoms with Crippen LogP contribution in [0.25, 0.3) is 11.8 Å². The molecule has 1 aromatic heterocycles. The second-order valence-electron chi connectivity index (χ2n) is 7.53. The minimum atomic E-state index is -0.357. The van der Waals surface area contributed by atoms with Gasteiger partial charge in [-0.25, -0.2) is 4.39 Å². The molecule has 0 spiro atoms. The van der Waals surface area contributed by atoms with Gasteiger partial charge in [-0.15, -0.1) is 10.2 Å². The predicted molar refractivity (Wildman–Crippen MR) is 128 cm³/mol. The zero-order valence-electron chi connectivity index (χ0n) is 17.9. The molecule has 1 aliphatic heterocycles. The number of aromatic nitrogens is 3. The van der Waals surface area contributed by atoms with Gasteiger partial charge in [0.15, 0.2) is 5.16 Å².